The van der Waals surface area contributed by atoms with Crippen LogP contribution in [0.5, 0.6) is 0 Å². The number of aliphatic hydroxyl groups excluding tert-OH is 1. The van der Waals surface area contributed by atoms with Gasteiger partial charge in [-0.25, -0.2) is 14.2 Å². The molecule has 2 aliphatic rings. The summed E-state index contributed by atoms with van der Waals surface area (Å²) in [5.41, 5.74) is 1.81. The van der Waals surface area contributed by atoms with E-state index < -0.39 is 12.3 Å². The molecule has 2 atom stereocenters. The van der Waals surface area contributed by atoms with Crippen LogP contribution in [0.3, 0.4) is 0 Å². The van der Waals surface area contributed by atoms with Crippen molar-refractivity contribution in [3.8, 4) is 0 Å². The molecular weight excluding hydrogens is 325 g/mol. The highest BCUT2D eigenvalue weighted by atomic mass is 19.1. The van der Waals surface area contributed by atoms with Crippen LogP contribution in [-0.4, -0.2) is 64.5 Å². The number of carbonyl (C=O) groups is 1. The van der Waals surface area contributed by atoms with Crippen molar-refractivity contribution in [2.45, 2.75) is 25.1 Å². The van der Waals surface area contributed by atoms with Crippen LogP contribution in [0.1, 0.15) is 12.8 Å². The highest BCUT2D eigenvalue weighted by Crippen LogP contribution is 2.26. The maximum absolute atomic E-state index is 13.5. The third-order valence-electron chi connectivity index (χ3n) is 4.72. The minimum atomic E-state index is -0.827. The number of fused-ring (bicyclic) bond motifs is 1. The number of rotatable bonds is 2. The van der Waals surface area contributed by atoms with Crippen LogP contribution in [0, 0.1) is 0 Å². The average molecular weight is 345 g/mol. The zero-order chi connectivity index (χ0) is 17.4. The van der Waals surface area contributed by atoms with Gasteiger partial charge in [0.25, 0.3) is 0 Å². The summed E-state index contributed by atoms with van der Waals surface area (Å²) in [6.45, 7) is 1.83. The predicted molar refractivity (Wildman–Crippen MR) is 92.5 cm³/mol. The highest BCUT2D eigenvalue weighted by Gasteiger charge is 2.26. The number of anilines is 2. The first-order valence-electron chi connectivity index (χ1n) is 8.49. The number of hydrogen-bond donors (Lipinski definition) is 2. The SMILES string of the molecule is O=C(Nc1ccnc2ccc(N3CCC(F)C3)nc12)N1CCC(O)C1. The van der Waals surface area contributed by atoms with E-state index in [-0.39, 0.29) is 6.03 Å². The lowest BCUT2D eigenvalue weighted by Gasteiger charge is -2.19. The van der Waals surface area contributed by atoms with Crippen molar-refractivity contribution >= 4 is 28.6 Å². The lowest BCUT2D eigenvalue weighted by molar-refractivity contribution is 0.176. The number of halogens is 1. The van der Waals surface area contributed by atoms with Crippen LogP contribution < -0.4 is 10.2 Å². The monoisotopic (exact) mass is 345 g/mol. The van der Waals surface area contributed by atoms with Crippen molar-refractivity contribution in [3.63, 3.8) is 0 Å². The molecule has 4 rings (SSSR count). The molecule has 2 fully saturated rings. The minimum Gasteiger partial charge on any atom is -0.391 e. The molecule has 2 aromatic rings. The Morgan fingerprint density at radius 1 is 1.24 bits per heavy atom. The molecule has 2 aromatic heterocycles. The van der Waals surface area contributed by atoms with Gasteiger partial charge in [0.1, 0.15) is 17.5 Å². The van der Waals surface area contributed by atoms with E-state index in [1.807, 2.05) is 17.0 Å². The van der Waals surface area contributed by atoms with Crippen molar-refractivity contribution in [1.29, 1.82) is 0 Å². The van der Waals surface area contributed by atoms with Crippen molar-refractivity contribution < 1.29 is 14.3 Å². The molecular formula is C17H20FN5O2. The van der Waals surface area contributed by atoms with Crippen LogP contribution >= 0.6 is 0 Å². The van der Waals surface area contributed by atoms with Crippen LogP contribution in [0.15, 0.2) is 24.4 Å². The van der Waals surface area contributed by atoms with Crippen LogP contribution in [0.2, 0.25) is 0 Å². The smallest absolute Gasteiger partial charge is 0.321 e. The molecule has 0 spiro atoms. The number of alkyl halides is 1. The third kappa shape index (κ3) is 3.21. The Morgan fingerprint density at radius 2 is 2.12 bits per heavy atom. The van der Waals surface area contributed by atoms with Gasteiger partial charge >= 0.3 is 6.03 Å². The predicted octanol–water partition coefficient (Wildman–Crippen LogP) is 1.78. The first kappa shape index (κ1) is 16.0. The molecule has 2 saturated heterocycles. The number of β-amino-alcohol motifs (C(OH)–C–C–N with tert-alkyl or cyclic N) is 1. The molecule has 132 valence electrons. The summed E-state index contributed by atoms with van der Waals surface area (Å²) >= 11 is 0. The number of pyridine rings is 2. The molecule has 2 unspecified atom stereocenters. The Morgan fingerprint density at radius 3 is 2.84 bits per heavy atom. The Bertz CT molecular complexity index is 802. The van der Waals surface area contributed by atoms with Crippen LogP contribution in [0.4, 0.5) is 20.7 Å². The molecule has 0 radical (unpaired) electrons. The van der Waals surface area contributed by atoms with Gasteiger partial charge in [0.05, 0.1) is 23.9 Å². The summed E-state index contributed by atoms with van der Waals surface area (Å²) in [6, 6.07) is 5.10. The summed E-state index contributed by atoms with van der Waals surface area (Å²) in [6.07, 6.45) is 1.42. The van der Waals surface area contributed by atoms with Gasteiger partial charge in [0, 0.05) is 25.8 Å². The van der Waals surface area contributed by atoms with Crippen molar-refractivity contribution in [1.82, 2.24) is 14.9 Å². The summed E-state index contributed by atoms with van der Waals surface area (Å²) < 4.78 is 13.5. The van der Waals surface area contributed by atoms with E-state index in [2.05, 4.69) is 15.3 Å². The number of amides is 2. The van der Waals surface area contributed by atoms with Gasteiger partial charge in [-0.05, 0) is 31.0 Å². The molecule has 0 aliphatic carbocycles. The number of aromatic nitrogens is 2. The minimum absolute atomic E-state index is 0.263. The standard InChI is InChI=1S/C17H20FN5O2/c18-11-4-7-22(9-11)15-2-1-13-16(21-15)14(3-6-19-13)20-17(25)23-8-5-12(24)10-23/h1-3,6,11-12,24H,4-5,7-10H2,(H,19,20,25). The summed E-state index contributed by atoms with van der Waals surface area (Å²) in [5, 5.41) is 12.4. The molecule has 0 aromatic carbocycles. The normalized spacial score (nSPS) is 23.4. The Kier molecular flexibility index (Phi) is 4.12. The van der Waals surface area contributed by atoms with Gasteiger partial charge < -0.3 is 20.2 Å². The number of nitrogens with zero attached hydrogens (tertiary/aromatic N) is 4. The molecule has 2 aliphatic heterocycles. The fourth-order valence-electron chi connectivity index (χ4n) is 3.34. The second-order valence-electron chi connectivity index (χ2n) is 6.55. The zero-order valence-corrected chi connectivity index (χ0v) is 13.7. The Labute approximate surface area is 144 Å². The van der Waals surface area contributed by atoms with Gasteiger partial charge in [0.2, 0.25) is 0 Å². The van der Waals surface area contributed by atoms with Crippen LogP contribution in [0.25, 0.3) is 11.0 Å². The van der Waals surface area contributed by atoms with Gasteiger partial charge in [-0.15, -0.1) is 0 Å². The zero-order valence-electron chi connectivity index (χ0n) is 13.7. The van der Waals surface area contributed by atoms with E-state index in [1.165, 1.54) is 0 Å². The van der Waals surface area contributed by atoms with E-state index in [0.29, 0.717) is 61.6 Å². The number of nitrogens with one attached hydrogen (secondary N) is 1. The quantitative estimate of drug-likeness (QED) is 0.867. The van der Waals surface area contributed by atoms with Crippen molar-refractivity contribution in [2.24, 2.45) is 0 Å². The topological polar surface area (TPSA) is 81.6 Å². The summed E-state index contributed by atoms with van der Waals surface area (Å²) in [4.78, 5) is 24.7. The molecule has 8 heteroatoms. The number of hydrogen-bond acceptors (Lipinski definition) is 5. The van der Waals surface area contributed by atoms with E-state index in [1.54, 1.807) is 17.2 Å². The number of urea groups is 1. The van der Waals surface area contributed by atoms with Gasteiger partial charge in [-0.3, -0.25) is 4.98 Å². The molecule has 7 nitrogen and oxygen atoms in total. The lowest BCUT2D eigenvalue weighted by Crippen LogP contribution is -2.33. The van der Waals surface area contributed by atoms with Gasteiger partial charge in [0.15, 0.2) is 0 Å². The molecule has 25 heavy (non-hydrogen) atoms. The average Bonchev–Trinajstić information content (AvgIpc) is 3.23. The number of aliphatic hydroxyl groups is 1. The highest BCUT2D eigenvalue weighted by molar-refractivity contribution is 5.98. The maximum atomic E-state index is 13.5. The van der Waals surface area contributed by atoms with Crippen molar-refractivity contribution in [3.05, 3.63) is 24.4 Å². The summed E-state index contributed by atoms with van der Waals surface area (Å²) in [7, 11) is 0. The maximum Gasteiger partial charge on any atom is 0.321 e. The third-order valence-corrected chi connectivity index (χ3v) is 4.72. The van der Waals surface area contributed by atoms with E-state index in [0.717, 1.165) is 0 Å². The summed E-state index contributed by atoms with van der Waals surface area (Å²) in [5.74, 6) is 0.688. The number of likely N-dealkylation sites (tertiary alicyclic amines) is 1. The van der Waals surface area contributed by atoms with Gasteiger partial charge in [-0.1, -0.05) is 0 Å². The molecule has 4 heterocycles. The second kappa shape index (κ2) is 6.44. The van der Waals surface area contributed by atoms with Crippen LogP contribution in [-0.2, 0) is 0 Å². The Balaban J connectivity index is 1.60. The van der Waals surface area contributed by atoms with E-state index >= 15 is 0 Å². The van der Waals surface area contributed by atoms with Gasteiger partial charge in [-0.2, -0.15) is 0 Å². The lowest BCUT2D eigenvalue weighted by atomic mass is 10.2. The molecule has 2 N–H and O–H groups in total. The first-order valence-corrected chi connectivity index (χ1v) is 8.49. The first-order chi connectivity index (χ1) is 12.1. The molecule has 0 bridgehead atoms. The fourth-order valence-corrected chi connectivity index (χ4v) is 3.34. The molecule has 0 saturated carbocycles. The van der Waals surface area contributed by atoms with E-state index in [9.17, 15) is 14.3 Å². The fraction of sp³-hybridized carbons (Fsp3) is 0.471. The largest absolute Gasteiger partial charge is 0.391 e. The second-order valence-corrected chi connectivity index (χ2v) is 6.55. The van der Waals surface area contributed by atoms with Crippen molar-refractivity contribution in [2.75, 3.05) is 36.4 Å². The van der Waals surface area contributed by atoms with E-state index in [4.69, 9.17) is 0 Å². The Hall–Kier alpha value is -2.48. The molecule has 2 amide bonds. The number of carbonyl (C=O) groups excluding carboxylic acids is 1.